The van der Waals surface area contributed by atoms with Gasteiger partial charge in [0.1, 0.15) is 0 Å². The van der Waals surface area contributed by atoms with Crippen LogP contribution >= 0.6 is 0 Å². The summed E-state index contributed by atoms with van der Waals surface area (Å²) >= 11 is 0. The molecular weight excluding hydrogens is 232 g/mol. The lowest BCUT2D eigenvalue weighted by Gasteiger charge is -2.21. The molecule has 0 aromatic heterocycles. The maximum atomic E-state index is 5.97. The van der Waals surface area contributed by atoms with E-state index in [0.717, 1.165) is 30.9 Å². The molecule has 0 fully saturated rings. The highest BCUT2D eigenvalue weighted by Crippen LogP contribution is 2.15. The van der Waals surface area contributed by atoms with Gasteiger partial charge in [0.25, 0.3) is 0 Å². The first kappa shape index (κ1) is 13.6. The second-order valence-corrected chi connectivity index (χ2v) is 4.98. The number of nitrogen functional groups attached to an aromatic ring is 1. The Hall–Kier alpha value is -1.80. The summed E-state index contributed by atoms with van der Waals surface area (Å²) in [5, 5.41) is 0. The Labute approximate surface area is 115 Å². The van der Waals surface area contributed by atoms with Crippen LogP contribution in [0.5, 0.6) is 0 Å². The van der Waals surface area contributed by atoms with Gasteiger partial charge in [-0.1, -0.05) is 49.4 Å². The van der Waals surface area contributed by atoms with Gasteiger partial charge in [-0.05, 0) is 36.2 Å². The second kappa shape index (κ2) is 6.39. The minimum absolute atomic E-state index is 0.883. The van der Waals surface area contributed by atoms with Gasteiger partial charge in [0.2, 0.25) is 0 Å². The minimum atomic E-state index is 0.883. The first-order chi connectivity index (χ1) is 9.19. The predicted molar refractivity (Wildman–Crippen MR) is 81.8 cm³/mol. The van der Waals surface area contributed by atoms with Gasteiger partial charge >= 0.3 is 0 Å². The standard InChI is InChI=1S/C17H22N2/c1-3-19(12-15-7-5-4-6-8-15)13-16-10-9-14(2)17(18)11-16/h4-11H,3,12-13,18H2,1-2H3. The molecular formula is C17H22N2. The fourth-order valence-electron chi connectivity index (χ4n) is 2.17. The SMILES string of the molecule is CCN(Cc1ccccc1)Cc1ccc(C)c(N)c1. The van der Waals surface area contributed by atoms with Crippen molar-refractivity contribution in [1.29, 1.82) is 0 Å². The van der Waals surface area contributed by atoms with E-state index in [0.29, 0.717) is 0 Å². The van der Waals surface area contributed by atoms with Gasteiger partial charge in [0.15, 0.2) is 0 Å². The van der Waals surface area contributed by atoms with Crippen molar-refractivity contribution in [2.24, 2.45) is 0 Å². The molecule has 0 atom stereocenters. The van der Waals surface area contributed by atoms with Crippen LogP contribution in [-0.4, -0.2) is 11.4 Å². The Kier molecular flexibility index (Phi) is 4.58. The fourth-order valence-corrected chi connectivity index (χ4v) is 2.17. The maximum absolute atomic E-state index is 5.97. The summed E-state index contributed by atoms with van der Waals surface area (Å²) in [5.41, 5.74) is 10.6. The van der Waals surface area contributed by atoms with Gasteiger partial charge < -0.3 is 5.73 Å². The summed E-state index contributed by atoms with van der Waals surface area (Å²) in [4.78, 5) is 2.42. The number of benzene rings is 2. The van der Waals surface area contributed by atoms with E-state index in [1.807, 2.05) is 6.92 Å². The lowest BCUT2D eigenvalue weighted by molar-refractivity contribution is 0.271. The summed E-state index contributed by atoms with van der Waals surface area (Å²) < 4.78 is 0. The number of hydrogen-bond donors (Lipinski definition) is 1. The van der Waals surface area contributed by atoms with Crippen LogP contribution in [-0.2, 0) is 13.1 Å². The van der Waals surface area contributed by atoms with E-state index in [1.54, 1.807) is 0 Å². The van der Waals surface area contributed by atoms with Crippen molar-refractivity contribution in [3.63, 3.8) is 0 Å². The van der Waals surface area contributed by atoms with Crippen LogP contribution < -0.4 is 5.73 Å². The second-order valence-electron chi connectivity index (χ2n) is 4.98. The zero-order chi connectivity index (χ0) is 13.7. The van der Waals surface area contributed by atoms with Crippen LogP contribution in [0, 0.1) is 6.92 Å². The Morgan fingerprint density at radius 2 is 1.63 bits per heavy atom. The summed E-state index contributed by atoms with van der Waals surface area (Å²) in [6.45, 7) is 7.19. The molecule has 2 rings (SSSR count). The average molecular weight is 254 g/mol. The van der Waals surface area contributed by atoms with E-state index in [2.05, 4.69) is 60.4 Å². The van der Waals surface area contributed by atoms with Gasteiger partial charge in [-0.2, -0.15) is 0 Å². The van der Waals surface area contributed by atoms with Crippen LogP contribution in [0.1, 0.15) is 23.6 Å². The first-order valence-corrected chi connectivity index (χ1v) is 6.80. The highest BCUT2D eigenvalue weighted by molar-refractivity contribution is 5.48. The molecule has 2 N–H and O–H groups in total. The maximum Gasteiger partial charge on any atom is 0.0346 e. The topological polar surface area (TPSA) is 29.3 Å². The molecule has 19 heavy (non-hydrogen) atoms. The molecule has 2 aromatic carbocycles. The molecule has 2 nitrogen and oxygen atoms in total. The van der Waals surface area contributed by atoms with Crippen molar-refractivity contribution in [1.82, 2.24) is 4.90 Å². The van der Waals surface area contributed by atoms with Crippen molar-refractivity contribution >= 4 is 5.69 Å². The van der Waals surface area contributed by atoms with Crippen LogP contribution in [0.3, 0.4) is 0 Å². The number of anilines is 1. The highest BCUT2D eigenvalue weighted by atomic mass is 15.1. The minimum Gasteiger partial charge on any atom is -0.399 e. The molecule has 0 heterocycles. The molecule has 0 bridgehead atoms. The van der Waals surface area contributed by atoms with Crippen LogP contribution in [0.4, 0.5) is 5.69 Å². The first-order valence-electron chi connectivity index (χ1n) is 6.80. The van der Waals surface area contributed by atoms with Crippen LogP contribution in [0.25, 0.3) is 0 Å². The Morgan fingerprint density at radius 3 is 2.26 bits per heavy atom. The summed E-state index contributed by atoms with van der Waals surface area (Å²) in [5.74, 6) is 0. The number of nitrogens with two attached hydrogens (primary N) is 1. The van der Waals surface area contributed by atoms with E-state index < -0.39 is 0 Å². The summed E-state index contributed by atoms with van der Waals surface area (Å²) in [6, 6.07) is 16.9. The highest BCUT2D eigenvalue weighted by Gasteiger charge is 2.05. The third-order valence-electron chi connectivity index (χ3n) is 3.45. The Morgan fingerprint density at radius 1 is 0.947 bits per heavy atom. The van der Waals surface area contributed by atoms with Crippen LogP contribution in [0.2, 0.25) is 0 Å². The van der Waals surface area contributed by atoms with Crippen molar-refractivity contribution in [2.75, 3.05) is 12.3 Å². The number of rotatable bonds is 5. The summed E-state index contributed by atoms with van der Waals surface area (Å²) in [6.07, 6.45) is 0. The molecule has 0 aliphatic rings. The number of aryl methyl sites for hydroxylation is 1. The zero-order valence-corrected chi connectivity index (χ0v) is 11.8. The van der Waals surface area contributed by atoms with Gasteiger partial charge in [-0.3, -0.25) is 4.90 Å². The molecule has 0 aliphatic heterocycles. The molecule has 0 unspecified atom stereocenters. The zero-order valence-electron chi connectivity index (χ0n) is 11.8. The average Bonchev–Trinajstić information content (AvgIpc) is 2.43. The number of hydrogen-bond acceptors (Lipinski definition) is 2. The van der Waals surface area contributed by atoms with E-state index in [9.17, 15) is 0 Å². The molecule has 2 heteroatoms. The normalized spacial score (nSPS) is 10.9. The smallest absolute Gasteiger partial charge is 0.0346 e. The molecule has 0 saturated carbocycles. The van der Waals surface area contributed by atoms with E-state index in [4.69, 9.17) is 5.73 Å². The van der Waals surface area contributed by atoms with E-state index in [-0.39, 0.29) is 0 Å². The van der Waals surface area contributed by atoms with Crippen molar-refractivity contribution in [3.8, 4) is 0 Å². The largest absolute Gasteiger partial charge is 0.399 e. The quantitative estimate of drug-likeness (QED) is 0.826. The molecule has 0 saturated heterocycles. The lowest BCUT2D eigenvalue weighted by Crippen LogP contribution is -2.22. The summed E-state index contributed by atoms with van der Waals surface area (Å²) in [7, 11) is 0. The Balaban J connectivity index is 2.04. The van der Waals surface area contributed by atoms with Crippen molar-refractivity contribution < 1.29 is 0 Å². The molecule has 0 spiro atoms. The van der Waals surface area contributed by atoms with Crippen molar-refractivity contribution in [2.45, 2.75) is 26.9 Å². The molecule has 2 aromatic rings. The third-order valence-corrected chi connectivity index (χ3v) is 3.45. The lowest BCUT2D eigenvalue weighted by atomic mass is 10.1. The third kappa shape index (κ3) is 3.83. The molecule has 0 aliphatic carbocycles. The monoisotopic (exact) mass is 254 g/mol. The van der Waals surface area contributed by atoms with E-state index in [1.165, 1.54) is 11.1 Å². The Bertz CT molecular complexity index is 520. The fraction of sp³-hybridized carbons (Fsp3) is 0.294. The van der Waals surface area contributed by atoms with Crippen molar-refractivity contribution in [3.05, 3.63) is 65.2 Å². The van der Waals surface area contributed by atoms with Crippen LogP contribution in [0.15, 0.2) is 48.5 Å². The van der Waals surface area contributed by atoms with Gasteiger partial charge in [-0.15, -0.1) is 0 Å². The van der Waals surface area contributed by atoms with E-state index >= 15 is 0 Å². The predicted octanol–water partition coefficient (Wildman–Crippen LogP) is 3.60. The van der Waals surface area contributed by atoms with Gasteiger partial charge in [-0.25, -0.2) is 0 Å². The van der Waals surface area contributed by atoms with Gasteiger partial charge in [0.05, 0.1) is 0 Å². The number of nitrogens with zero attached hydrogens (tertiary/aromatic N) is 1. The molecule has 0 amide bonds. The van der Waals surface area contributed by atoms with Gasteiger partial charge in [0, 0.05) is 18.8 Å². The molecule has 0 radical (unpaired) electrons. The molecule has 100 valence electrons.